The van der Waals surface area contributed by atoms with Gasteiger partial charge >= 0.3 is 6.09 Å². The minimum Gasteiger partial charge on any atom is -0.454 e. The van der Waals surface area contributed by atoms with E-state index in [1.165, 1.54) is 0 Å². The predicted molar refractivity (Wildman–Crippen MR) is 87.3 cm³/mol. The standard InChI is InChI=1S/C16H20N2O4S/c1-16(2,3)22-15(20)18-9-12-4-5-13(21-12)14(19)17-8-11-6-7-23-10-11/h4-7,10H,8-9H2,1-3H3,(H,17,19)(H,18,20). The Labute approximate surface area is 138 Å². The van der Waals surface area contributed by atoms with Crippen molar-refractivity contribution in [2.24, 2.45) is 0 Å². The molecule has 2 aromatic heterocycles. The van der Waals surface area contributed by atoms with Gasteiger partial charge in [0, 0.05) is 6.54 Å². The van der Waals surface area contributed by atoms with E-state index in [0.717, 1.165) is 5.56 Å². The Morgan fingerprint density at radius 1 is 1.17 bits per heavy atom. The summed E-state index contributed by atoms with van der Waals surface area (Å²) in [6.45, 7) is 5.97. The van der Waals surface area contributed by atoms with E-state index in [1.54, 1.807) is 44.2 Å². The average molecular weight is 336 g/mol. The Balaban J connectivity index is 1.80. The molecule has 0 fully saturated rings. The molecule has 2 rings (SSSR count). The second kappa shape index (κ2) is 7.32. The van der Waals surface area contributed by atoms with Crippen molar-refractivity contribution in [3.63, 3.8) is 0 Å². The number of hydrogen-bond acceptors (Lipinski definition) is 5. The zero-order chi connectivity index (χ0) is 16.9. The normalized spacial score (nSPS) is 11.1. The van der Waals surface area contributed by atoms with Crippen LogP contribution >= 0.6 is 11.3 Å². The lowest BCUT2D eigenvalue weighted by molar-refractivity contribution is 0.0520. The molecule has 2 aromatic rings. The van der Waals surface area contributed by atoms with Gasteiger partial charge in [-0.25, -0.2) is 4.79 Å². The number of rotatable bonds is 5. The van der Waals surface area contributed by atoms with E-state index in [1.807, 2.05) is 16.8 Å². The molecule has 124 valence electrons. The molecule has 0 aliphatic carbocycles. The van der Waals surface area contributed by atoms with Gasteiger partial charge in [-0.3, -0.25) is 4.79 Å². The second-order valence-electron chi connectivity index (χ2n) is 5.94. The number of carbonyl (C=O) groups excluding carboxylic acids is 2. The molecule has 7 heteroatoms. The molecule has 2 heterocycles. The van der Waals surface area contributed by atoms with E-state index in [2.05, 4.69) is 10.6 Å². The van der Waals surface area contributed by atoms with Gasteiger partial charge in [0.2, 0.25) is 0 Å². The SMILES string of the molecule is CC(C)(C)OC(=O)NCc1ccc(C(=O)NCc2ccsc2)o1. The van der Waals surface area contributed by atoms with Crippen LogP contribution in [0.2, 0.25) is 0 Å². The number of alkyl carbamates (subject to hydrolysis) is 1. The van der Waals surface area contributed by atoms with Crippen molar-refractivity contribution in [3.05, 3.63) is 46.0 Å². The maximum atomic E-state index is 12.0. The molecule has 0 atom stereocenters. The van der Waals surface area contributed by atoms with Crippen LogP contribution in [-0.2, 0) is 17.8 Å². The molecular formula is C16H20N2O4S. The summed E-state index contributed by atoms with van der Waals surface area (Å²) in [7, 11) is 0. The van der Waals surface area contributed by atoms with E-state index in [4.69, 9.17) is 9.15 Å². The van der Waals surface area contributed by atoms with Gasteiger partial charge in [-0.15, -0.1) is 0 Å². The Kier molecular flexibility index (Phi) is 5.44. The third-order valence-electron chi connectivity index (χ3n) is 2.72. The summed E-state index contributed by atoms with van der Waals surface area (Å²) in [5.74, 6) is 0.400. The number of carbonyl (C=O) groups is 2. The number of furan rings is 1. The summed E-state index contributed by atoms with van der Waals surface area (Å²) in [6.07, 6.45) is -0.530. The molecule has 0 spiro atoms. The molecular weight excluding hydrogens is 316 g/mol. The van der Waals surface area contributed by atoms with Crippen LogP contribution in [0.15, 0.2) is 33.4 Å². The third kappa shape index (κ3) is 5.78. The summed E-state index contributed by atoms with van der Waals surface area (Å²) in [5, 5.41) is 9.27. The van der Waals surface area contributed by atoms with Gasteiger partial charge in [-0.2, -0.15) is 11.3 Å². The molecule has 6 nitrogen and oxygen atoms in total. The van der Waals surface area contributed by atoms with Crippen LogP contribution < -0.4 is 10.6 Å². The highest BCUT2D eigenvalue weighted by molar-refractivity contribution is 7.07. The number of hydrogen-bond donors (Lipinski definition) is 2. The zero-order valence-electron chi connectivity index (χ0n) is 13.3. The maximum Gasteiger partial charge on any atom is 0.408 e. The van der Waals surface area contributed by atoms with Crippen LogP contribution in [0.1, 0.15) is 42.6 Å². The van der Waals surface area contributed by atoms with Crippen molar-refractivity contribution in [2.75, 3.05) is 0 Å². The lowest BCUT2D eigenvalue weighted by Crippen LogP contribution is -2.32. The van der Waals surface area contributed by atoms with Crippen molar-refractivity contribution in [3.8, 4) is 0 Å². The molecule has 0 aliphatic heterocycles. The molecule has 0 aliphatic rings. The summed E-state index contributed by atoms with van der Waals surface area (Å²) < 4.78 is 10.5. The molecule has 0 radical (unpaired) electrons. The van der Waals surface area contributed by atoms with E-state index in [9.17, 15) is 9.59 Å². The van der Waals surface area contributed by atoms with Crippen LogP contribution in [0.25, 0.3) is 0 Å². The van der Waals surface area contributed by atoms with Crippen LogP contribution in [-0.4, -0.2) is 17.6 Å². The molecule has 0 unspecified atom stereocenters. The first-order valence-corrected chi connectivity index (χ1v) is 8.12. The first kappa shape index (κ1) is 17.1. The molecule has 23 heavy (non-hydrogen) atoms. The van der Waals surface area contributed by atoms with Gasteiger partial charge in [-0.05, 0) is 55.3 Å². The van der Waals surface area contributed by atoms with Gasteiger partial charge in [0.1, 0.15) is 11.4 Å². The largest absolute Gasteiger partial charge is 0.454 e. The molecule has 0 saturated heterocycles. The highest BCUT2D eigenvalue weighted by Gasteiger charge is 2.16. The predicted octanol–water partition coefficient (Wildman–Crippen LogP) is 3.30. The van der Waals surface area contributed by atoms with E-state index < -0.39 is 11.7 Å². The number of nitrogens with one attached hydrogen (secondary N) is 2. The fraction of sp³-hybridized carbons (Fsp3) is 0.375. The fourth-order valence-corrected chi connectivity index (χ4v) is 2.40. The summed E-state index contributed by atoms with van der Waals surface area (Å²) in [6, 6.07) is 5.18. The lowest BCUT2D eigenvalue weighted by atomic mass is 10.2. The monoisotopic (exact) mass is 336 g/mol. The van der Waals surface area contributed by atoms with Gasteiger partial charge < -0.3 is 19.8 Å². The molecule has 0 bridgehead atoms. The average Bonchev–Trinajstić information content (AvgIpc) is 3.12. The minimum absolute atomic E-state index is 0.159. The fourth-order valence-electron chi connectivity index (χ4n) is 1.73. The minimum atomic E-state index is -0.556. The number of amides is 2. The van der Waals surface area contributed by atoms with E-state index in [-0.39, 0.29) is 18.2 Å². The first-order valence-electron chi connectivity index (χ1n) is 7.18. The quantitative estimate of drug-likeness (QED) is 0.878. The third-order valence-corrected chi connectivity index (χ3v) is 3.46. The number of thiophene rings is 1. The molecule has 0 aromatic carbocycles. The second-order valence-corrected chi connectivity index (χ2v) is 6.72. The Hall–Kier alpha value is -2.28. The van der Waals surface area contributed by atoms with Gasteiger partial charge in [-0.1, -0.05) is 0 Å². The zero-order valence-corrected chi connectivity index (χ0v) is 14.2. The smallest absolute Gasteiger partial charge is 0.408 e. The Bertz CT molecular complexity index is 656. The highest BCUT2D eigenvalue weighted by atomic mass is 32.1. The molecule has 2 amide bonds. The summed E-state index contributed by atoms with van der Waals surface area (Å²) in [4.78, 5) is 23.5. The van der Waals surface area contributed by atoms with Crippen molar-refractivity contribution in [2.45, 2.75) is 39.5 Å². The summed E-state index contributed by atoms with van der Waals surface area (Å²) in [5.41, 5.74) is 0.488. The molecule has 0 saturated carbocycles. The van der Waals surface area contributed by atoms with Crippen molar-refractivity contribution >= 4 is 23.3 Å². The van der Waals surface area contributed by atoms with Crippen molar-refractivity contribution in [1.82, 2.24) is 10.6 Å². The van der Waals surface area contributed by atoms with Crippen LogP contribution in [0.5, 0.6) is 0 Å². The Morgan fingerprint density at radius 2 is 1.96 bits per heavy atom. The molecule has 2 N–H and O–H groups in total. The number of ether oxygens (including phenoxy) is 1. The van der Waals surface area contributed by atoms with Gasteiger partial charge in [0.25, 0.3) is 5.91 Å². The van der Waals surface area contributed by atoms with Crippen LogP contribution in [0.3, 0.4) is 0 Å². The van der Waals surface area contributed by atoms with E-state index >= 15 is 0 Å². The maximum absolute atomic E-state index is 12.0. The van der Waals surface area contributed by atoms with Crippen LogP contribution in [0, 0.1) is 0 Å². The first-order chi connectivity index (χ1) is 10.8. The van der Waals surface area contributed by atoms with Gasteiger partial charge in [0.15, 0.2) is 5.76 Å². The van der Waals surface area contributed by atoms with Crippen molar-refractivity contribution in [1.29, 1.82) is 0 Å². The summed E-state index contributed by atoms with van der Waals surface area (Å²) >= 11 is 1.58. The highest BCUT2D eigenvalue weighted by Crippen LogP contribution is 2.10. The topological polar surface area (TPSA) is 80.6 Å². The van der Waals surface area contributed by atoms with Gasteiger partial charge in [0.05, 0.1) is 6.54 Å². The van der Waals surface area contributed by atoms with E-state index in [0.29, 0.717) is 12.3 Å². The lowest BCUT2D eigenvalue weighted by Gasteiger charge is -2.19. The van der Waals surface area contributed by atoms with Crippen LogP contribution in [0.4, 0.5) is 4.79 Å². The Morgan fingerprint density at radius 3 is 2.61 bits per heavy atom. The van der Waals surface area contributed by atoms with Crippen molar-refractivity contribution < 1.29 is 18.7 Å².